The highest BCUT2D eigenvalue weighted by Crippen LogP contribution is 2.45. The minimum absolute atomic E-state index is 0.0762. The Labute approximate surface area is 384 Å². The molecule has 2 aromatic heterocycles. The zero-order valence-electron chi connectivity index (χ0n) is 38.9. The third kappa shape index (κ3) is 9.90. The smallest absolute Gasteiger partial charge is 0.409 e. The number of benzene rings is 1. The van der Waals surface area contributed by atoms with Crippen LogP contribution in [-0.2, 0) is 46.4 Å². The maximum atomic E-state index is 16.5. The fourth-order valence-electron chi connectivity index (χ4n) is 9.70. The van der Waals surface area contributed by atoms with E-state index in [1.807, 2.05) is 65.0 Å². The summed E-state index contributed by atoms with van der Waals surface area (Å²) >= 11 is 0.920. The molecule has 7 rings (SSSR count). The molecule has 0 aliphatic carbocycles. The zero-order chi connectivity index (χ0) is 46.9. The van der Waals surface area contributed by atoms with Crippen molar-refractivity contribution in [3.8, 4) is 11.3 Å². The van der Waals surface area contributed by atoms with Crippen LogP contribution in [0.5, 0.6) is 0 Å². The number of hydrogen-bond acceptors (Lipinski definition) is 12. The lowest BCUT2D eigenvalue weighted by Crippen LogP contribution is -2.62. The number of ether oxygens (including phenoxy) is 3. The van der Waals surface area contributed by atoms with Gasteiger partial charge in [0.15, 0.2) is 5.50 Å². The second-order valence-electron chi connectivity index (χ2n) is 18.7. The van der Waals surface area contributed by atoms with E-state index in [1.165, 1.54) is 21.9 Å². The molecule has 0 saturated carbocycles. The fraction of sp³-hybridized carbons (Fsp3) is 0.596. The number of halogens is 1. The van der Waals surface area contributed by atoms with Crippen molar-refractivity contribution in [2.75, 3.05) is 47.5 Å². The average molecular weight is 919 g/mol. The Hall–Kier alpha value is -5.07. The SMILES string of the molecule is CCn1c(-c2cccnc2[C@H](C)OC)c2c3cc(ccc31)C1N=C(C[C@H](NC(=O)[C@H](C(C)C)N(C)C(=O)[C@H]3CCN(C(=O)OC)C3)C(=O)N3CCC[C@H](N3)C(=O)OCC(C)(C)C2)SC1F. The van der Waals surface area contributed by atoms with Gasteiger partial charge in [-0.1, -0.05) is 45.5 Å². The van der Waals surface area contributed by atoms with Crippen LogP contribution >= 0.6 is 11.8 Å². The minimum Gasteiger partial charge on any atom is -0.464 e. The van der Waals surface area contributed by atoms with Crippen molar-refractivity contribution in [3.05, 3.63) is 53.3 Å². The van der Waals surface area contributed by atoms with Gasteiger partial charge in [-0.3, -0.25) is 34.2 Å². The zero-order valence-corrected chi connectivity index (χ0v) is 39.7. The molecule has 16 nitrogen and oxygen atoms in total. The van der Waals surface area contributed by atoms with Gasteiger partial charge in [0.05, 0.1) is 42.2 Å². The lowest BCUT2D eigenvalue weighted by Gasteiger charge is -2.37. The van der Waals surface area contributed by atoms with Crippen LogP contribution in [-0.4, -0.2) is 130 Å². The Bertz CT molecular complexity index is 2340. The Morgan fingerprint density at radius 2 is 1.89 bits per heavy atom. The molecule has 352 valence electrons. The molecule has 6 bridgehead atoms. The maximum absolute atomic E-state index is 16.5. The van der Waals surface area contributed by atoms with Crippen molar-refractivity contribution in [3.63, 3.8) is 0 Å². The number of hydrogen-bond donors (Lipinski definition) is 2. The summed E-state index contributed by atoms with van der Waals surface area (Å²) in [7, 11) is 4.49. The molecular formula is C47H63FN8O8S. The van der Waals surface area contributed by atoms with E-state index in [2.05, 4.69) is 22.2 Å². The first-order valence-corrected chi connectivity index (χ1v) is 23.5. The van der Waals surface area contributed by atoms with Gasteiger partial charge in [0.2, 0.25) is 11.8 Å². The number of nitrogens with zero attached hydrogens (tertiary/aromatic N) is 6. The number of nitrogens with one attached hydrogen (secondary N) is 2. The molecule has 4 amide bonds. The number of aromatic nitrogens is 2. The number of fused-ring (bicyclic) bond motifs is 5. The number of amides is 4. The van der Waals surface area contributed by atoms with E-state index in [1.54, 1.807) is 20.4 Å². The summed E-state index contributed by atoms with van der Waals surface area (Å²) in [6.07, 6.45) is 2.61. The number of likely N-dealkylation sites (tertiary alicyclic amines) is 1. The molecule has 65 heavy (non-hydrogen) atoms. The second-order valence-corrected chi connectivity index (χ2v) is 19.8. The summed E-state index contributed by atoms with van der Waals surface area (Å²) in [5.74, 6) is -2.83. The lowest BCUT2D eigenvalue weighted by molar-refractivity contribution is -0.155. The largest absolute Gasteiger partial charge is 0.464 e. The first-order valence-electron chi connectivity index (χ1n) is 22.6. The highest BCUT2D eigenvalue weighted by atomic mass is 32.2. The van der Waals surface area contributed by atoms with Gasteiger partial charge in [-0.05, 0) is 80.8 Å². The topological polar surface area (TPSA) is 177 Å². The first kappa shape index (κ1) is 47.9. The molecule has 2 saturated heterocycles. The summed E-state index contributed by atoms with van der Waals surface area (Å²) in [6, 6.07) is 5.90. The van der Waals surface area contributed by atoms with Crippen LogP contribution in [0.15, 0.2) is 41.5 Å². The molecule has 3 aromatic rings. The standard InChI is InChI=1S/C47H63FN8O8S/c1-10-55-35-16-15-28-21-31(35)32(40(55)30-13-11-18-49-37(30)27(4)62-8)23-47(5,6)25-64-45(60)33-14-12-19-56(52-33)44(59)34(22-36-51-38(28)41(48)65-36)50-42(57)39(26(2)3)53(7)43(58)29-17-20-54(24-29)46(61)63-9/h11,13,15-16,18,21,26-27,29,33-34,38-39,41,52H,10,12,14,17,19-20,22-25H2,1-9H3,(H,50,57)/t27-,29-,33-,34-,38?,39-,41?/m0/s1. The summed E-state index contributed by atoms with van der Waals surface area (Å²) < 4.78 is 35.4. The van der Waals surface area contributed by atoms with E-state index in [9.17, 15) is 24.0 Å². The summed E-state index contributed by atoms with van der Waals surface area (Å²) in [6.45, 7) is 13.2. The summed E-state index contributed by atoms with van der Waals surface area (Å²) in [4.78, 5) is 81.4. The Balaban J connectivity index is 1.27. The molecule has 4 aliphatic rings. The van der Waals surface area contributed by atoms with E-state index in [0.717, 1.165) is 45.2 Å². The molecule has 0 radical (unpaired) electrons. The summed E-state index contributed by atoms with van der Waals surface area (Å²) in [5.41, 5.74) is 6.27. The molecule has 0 spiro atoms. The first-order chi connectivity index (χ1) is 31.0. The lowest BCUT2D eigenvalue weighted by atomic mass is 9.84. The number of aryl methyl sites for hydroxylation is 1. The Morgan fingerprint density at radius 3 is 2.60 bits per heavy atom. The molecular weight excluding hydrogens is 856 g/mol. The third-order valence-electron chi connectivity index (χ3n) is 13.1. The quantitative estimate of drug-likeness (QED) is 0.242. The Kier molecular flexibility index (Phi) is 14.6. The number of esters is 1. The minimum atomic E-state index is -1.48. The number of pyridine rings is 1. The fourth-order valence-corrected chi connectivity index (χ4v) is 10.7. The number of alkyl halides is 1. The molecule has 18 heteroatoms. The van der Waals surface area contributed by atoms with E-state index >= 15 is 4.39 Å². The van der Waals surface area contributed by atoms with Gasteiger partial charge < -0.3 is 33.9 Å². The van der Waals surface area contributed by atoms with Crippen LogP contribution in [0, 0.1) is 17.3 Å². The number of likely N-dealkylation sites (N-methyl/N-ethyl adjacent to an activating group) is 1. The molecule has 2 N–H and O–H groups in total. The number of carbonyl (C=O) groups is 5. The van der Waals surface area contributed by atoms with Gasteiger partial charge >= 0.3 is 12.1 Å². The van der Waals surface area contributed by atoms with E-state index in [-0.39, 0.29) is 44.0 Å². The van der Waals surface area contributed by atoms with Gasteiger partial charge in [0.25, 0.3) is 5.91 Å². The molecule has 2 fully saturated rings. The van der Waals surface area contributed by atoms with Crippen molar-refractivity contribution in [2.45, 2.75) is 116 Å². The number of aliphatic imine (C=N–C) groups is 1. The predicted molar refractivity (Wildman–Crippen MR) is 245 cm³/mol. The maximum Gasteiger partial charge on any atom is 0.409 e. The number of cyclic esters (lactones) is 1. The Morgan fingerprint density at radius 1 is 1.12 bits per heavy atom. The van der Waals surface area contributed by atoms with Crippen LogP contribution < -0.4 is 10.7 Å². The van der Waals surface area contributed by atoms with E-state index in [4.69, 9.17) is 24.2 Å². The third-order valence-corrected chi connectivity index (χ3v) is 14.1. The summed E-state index contributed by atoms with van der Waals surface area (Å²) in [5, 5.41) is 5.52. The van der Waals surface area contributed by atoms with Gasteiger partial charge in [0.1, 0.15) is 24.2 Å². The predicted octanol–water partition coefficient (Wildman–Crippen LogP) is 5.98. The molecule has 4 aliphatic heterocycles. The van der Waals surface area contributed by atoms with E-state index < -0.39 is 64.9 Å². The number of rotatable bonds is 9. The monoisotopic (exact) mass is 918 g/mol. The van der Waals surface area contributed by atoms with Crippen LogP contribution in [0.3, 0.4) is 0 Å². The van der Waals surface area contributed by atoms with Crippen molar-refractivity contribution in [1.82, 2.24) is 35.1 Å². The molecule has 1 aromatic carbocycles. The van der Waals surface area contributed by atoms with Crippen LogP contribution in [0.1, 0.15) is 96.2 Å². The van der Waals surface area contributed by atoms with Gasteiger partial charge in [-0.15, -0.1) is 0 Å². The molecule has 2 unspecified atom stereocenters. The number of carbonyl (C=O) groups excluding carboxylic acids is 5. The van der Waals surface area contributed by atoms with Crippen LogP contribution in [0.4, 0.5) is 9.18 Å². The van der Waals surface area contributed by atoms with Crippen molar-refractivity contribution < 1.29 is 42.6 Å². The van der Waals surface area contributed by atoms with Crippen molar-refractivity contribution >= 4 is 57.5 Å². The number of methoxy groups -OCH3 is 2. The normalized spacial score (nSPS) is 24.6. The van der Waals surface area contributed by atoms with Crippen molar-refractivity contribution in [1.29, 1.82) is 0 Å². The second kappa shape index (κ2) is 19.8. The van der Waals surface area contributed by atoms with Gasteiger partial charge in [-0.25, -0.2) is 14.6 Å². The average Bonchev–Trinajstić information content (AvgIpc) is 4.02. The van der Waals surface area contributed by atoms with Gasteiger partial charge in [0, 0.05) is 74.8 Å². The van der Waals surface area contributed by atoms with Crippen molar-refractivity contribution in [2.24, 2.45) is 22.2 Å². The highest BCUT2D eigenvalue weighted by Gasteiger charge is 2.42. The van der Waals surface area contributed by atoms with Crippen LogP contribution in [0.2, 0.25) is 0 Å². The molecule has 6 heterocycles. The number of thioether (sulfide) groups is 1. The van der Waals surface area contributed by atoms with E-state index in [0.29, 0.717) is 49.4 Å². The molecule has 7 atom stereocenters. The highest BCUT2D eigenvalue weighted by molar-refractivity contribution is 8.14. The van der Waals surface area contributed by atoms with Crippen LogP contribution in [0.25, 0.3) is 22.2 Å². The van der Waals surface area contributed by atoms with Gasteiger partial charge in [-0.2, -0.15) is 0 Å². The number of hydrazine groups is 1.